The van der Waals surface area contributed by atoms with Gasteiger partial charge in [0.25, 0.3) is 0 Å². The maximum absolute atomic E-state index is 11.6. The minimum absolute atomic E-state index is 0.0842. The number of rotatable bonds is 3. The molecule has 1 amide bonds. The van der Waals surface area contributed by atoms with Crippen LogP contribution in [0.25, 0.3) is 0 Å². The Hall–Kier alpha value is -1.55. The number of cyclic esters (lactones) is 1. The smallest absolute Gasteiger partial charge is 0.410 e. The highest BCUT2D eigenvalue weighted by Gasteiger charge is 2.28. The molecule has 1 heterocycles. The minimum Gasteiger partial charge on any atom is -0.449 e. The van der Waals surface area contributed by atoms with Crippen molar-refractivity contribution in [1.82, 2.24) is 4.90 Å². The van der Waals surface area contributed by atoms with E-state index in [9.17, 15) is 9.90 Å². The van der Waals surface area contributed by atoms with Gasteiger partial charge in [0.05, 0.1) is 19.3 Å². The molecule has 1 aromatic rings. The molecule has 0 aliphatic carbocycles. The maximum atomic E-state index is 11.6. The summed E-state index contributed by atoms with van der Waals surface area (Å²) in [5.74, 6) is 0. The highest BCUT2D eigenvalue weighted by molar-refractivity contribution is 5.69. The van der Waals surface area contributed by atoms with Crippen LogP contribution in [0.4, 0.5) is 4.79 Å². The highest BCUT2D eigenvalue weighted by atomic mass is 16.6. The SMILES string of the molecule is O=C1OCCCN1[C@@H](CO)c1ccccc1. The van der Waals surface area contributed by atoms with Gasteiger partial charge in [-0.25, -0.2) is 4.79 Å². The van der Waals surface area contributed by atoms with Crippen molar-refractivity contribution in [3.8, 4) is 0 Å². The van der Waals surface area contributed by atoms with Crippen molar-refractivity contribution in [3.63, 3.8) is 0 Å². The first kappa shape index (κ1) is 11.0. The van der Waals surface area contributed by atoms with Gasteiger partial charge < -0.3 is 9.84 Å². The van der Waals surface area contributed by atoms with E-state index in [4.69, 9.17) is 4.74 Å². The molecule has 2 rings (SSSR count). The predicted octanol–water partition coefficient (Wildman–Crippen LogP) is 1.56. The van der Waals surface area contributed by atoms with Crippen LogP contribution in [0.1, 0.15) is 18.0 Å². The average Bonchev–Trinajstić information content (AvgIpc) is 2.34. The molecule has 4 heteroatoms. The van der Waals surface area contributed by atoms with Gasteiger partial charge in [-0.05, 0) is 12.0 Å². The van der Waals surface area contributed by atoms with Gasteiger partial charge in [-0.3, -0.25) is 4.90 Å². The number of amides is 1. The summed E-state index contributed by atoms with van der Waals surface area (Å²) in [4.78, 5) is 13.1. The van der Waals surface area contributed by atoms with Crippen molar-refractivity contribution in [3.05, 3.63) is 35.9 Å². The van der Waals surface area contributed by atoms with Gasteiger partial charge in [-0.15, -0.1) is 0 Å². The van der Waals surface area contributed by atoms with E-state index >= 15 is 0 Å². The Kier molecular flexibility index (Phi) is 3.41. The molecular weight excluding hydrogens is 206 g/mol. The van der Waals surface area contributed by atoms with Gasteiger partial charge in [0, 0.05) is 6.54 Å². The third kappa shape index (κ3) is 2.17. The van der Waals surface area contributed by atoms with Gasteiger partial charge >= 0.3 is 6.09 Å². The lowest BCUT2D eigenvalue weighted by molar-refractivity contribution is 0.0400. The largest absolute Gasteiger partial charge is 0.449 e. The first-order chi connectivity index (χ1) is 7.83. The van der Waals surface area contributed by atoms with Crippen LogP contribution >= 0.6 is 0 Å². The Balaban J connectivity index is 2.18. The highest BCUT2D eigenvalue weighted by Crippen LogP contribution is 2.23. The number of aliphatic hydroxyl groups is 1. The third-order valence-electron chi connectivity index (χ3n) is 2.74. The molecule has 1 N–H and O–H groups in total. The van der Waals surface area contributed by atoms with E-state index in [0.29, 0.717) is 13.2 Å². The van der Waals surface area contributed by atoms with Crippen molar-refractivity contribution in [2.75, 3.05) is 19.8 Å². The van der Waals surface area contributed by atoms with Gasteiger partial charge in [0.1, 0.15) is 0 Å². The second kappa shape index (κ2) is 4.99. The summed E-state index contributed by atoms with van der Waals surface area (Å²) < 4.78 is 4.97. The summed E-state index contributed by atoms with van der Waals surface area (Å²) in [6.07, 6.45) is 0.476. The monoisotopic (exact) mass is 221 g/mol. The Morgan fingerprint density at radius 3 is 2.75 bits per heavy atom. The number of carbonyl (C=O) groups excluding carboxylic acids is 1. The van der Waals surface area contributed by atoms with Crippen LogP contribution in [0.2, 0.25) is 0 Å². The van der Waals surface area contributed by atoms with Crippen LogP contribution in [-0.4, -0.2) is 35.9 Å². The Morgan fingerprint density at radius 1 is 1.38 bits per heavy atom. The van der Waals surface area contributed by atoms with Crippen LogP contribution in [-0.2, 0) is 4.74 Å². The molecule has 86 valence electrons. The van der Waals surface area contributed by atoms with E-state index in [1.165, 1.54) is 0 Å². The molecule has 0 radical (unpaired) electrons. The number of aliphatic hydroxyl groups excluding tert-OH is 1. The second-order valence-corrected chi connectivity index (χ2v) is 3.77. The predicted molar refractivity (Wildman–Crippen MR) is 58.9 cm³/mol. The molecule has 0 aromatic heterocycles. The normalized spacial score (nSPS) is 18.1. The molecule has 1 aromatic carbocycles. The zero-order valence-electron chi connectivity index (χ0n) is 9.00. The standard InChI is InChI=1S/C12H15NO3/c14-9-11(10-5-2-1-3-6-10)13-7-4-8-16-12(13)15/h1-3,5-6,11,14H,4,7-9H2/t11-/m0/s1. The van der Waals surface area contributed by atoms with E-state index in [-0.39, 0.29) is 18.7 Å². The molecule has 0 spiro atoms. The number of hydrogen-bond acceptors (Lipinski definition) is 3. The maximum Gasteiger partial charge on any atom is 0.410 e. The van der Waals surface area contributed by atoms with Crippen molar-refractivity contribution >= 4 is 6.09 Å². The molecule has 0 saturated carbocycles. The van der Waals surface area contributed by atoms with Gasteiger partial charge in [-0.1, -0.05) is 30.3 Å². The fraction of sp³-hybridized carbons (Fsp3) is 0.417. The molecule has 0 unspecified atom stereocenters. The van der Waals surface area contributed by atoms with Crippen LogP contribution in [0.15, 0.2) is 30.3 Å². The zero-order valence-corrected chi connectivity index (χ0v) is 9.00. The van der Waals surface area contributed by atoms with Crippen LogP contribution in [0, 0.1) is 0 Å². The van der Waals surface area contributed by atoms with Crippen LogP contribution in [0.5, 0.6) is 0 Å². The van der Waals surface area contributed by atoms with Crippen molar-refractivity contribution in [2.45, 2.75) is 12.5 Å². The van der Waals surface area contributed by atoms with E-state index in [0.717, 1.165) is 12.0 Å². The lowest BCUT2D eigenvalue weighted by Crippen LogP contribution is -2.41. The lowest BCUT2D eigenvalue weighted by atomic mass is 10.1. The molecule has 1 aliphatic heterocycles. The van der Waals surface area contributed by atoms with Crippen molar-refractivity contribution < 1.29 is 14.6 Å². The van der Waals surface area contributed by atoms with E-state index in [1.807, 2.05) is 30.3 Å². The summed E-state index contributed by atoms with van der Waals surface area (Å²) in [5, 5.41) is 9.40. The summed E-state index contributed by atoms with van der Waals surface area (Å²) in [6, 6.07) is 9.22. The fourth-order valence-electron chi connectivity index (χ4n) is 1.91. The Labute approximate surface area is 94.4 Å². The molecular formula is C12H15NO3. The van der Waals surface area contributed by atoms with Crippen LogP contribution in [0.3, 0.4) is 0 Å². The molecule has 4 nitrogen and oxygen atoms in total. The van der Waals surface area contributed by atoms with Crippen molar-refractivity contribution in [1.29, 1.82) is 0 Å². The summed E-state index contributed by atoms with van der Waals surface area (Å²) in [6.45, 7) is 1.03. The number of ether oxygens (including phenoxy) is 1. The summed E-state index contributed by atoms with van der Waals surface area (Å²) in [7, 11) is 0. The van der Waals surface area contributed by atoms with E-state index < -0.39 is 0 Å². The number of hydrogen-bond donors (Lipinski definition) is 1. The van der Waals surface area contributed by atoms with E-state index in [2.05, 4.69) is 0 Å². The molecule has 16 heavy (non-hydrogen) atoms. The van der Waals surface area contributed by atoms with Gasteiger partial charge in [0.2, 0.25) is 0 Å². The van der Waals surface area contributed by atoms with E-state index in [1.54, 1.807) is 4.90 Å². The Bertz CT molecular complexity index is 353. The topological polar surface area (TPSA) is 49.8 Å². The molecule has 1 fully saturated rings. The molecule has 1 saturated heterocycles. The first-order valence-electron chi connectivity index (χ1n) is 5.42. The van der Waals surface area contributed by atoms with Gasteiger partial charge in [-0.2, -0.15) is 0 Å². The quantitative estimate of drug-likeness (QED) is 0.842. The second-order valence-electron chi connectivity index (χ2n) is 3.77. The molecule has 1 atom stereocenters. The number of carbonyl (C=O) groups is 1. The first-order valence-corrected chi connectivity index (χ1v) is 5.42. The lowest BCUT2D eigenvalue weighted by Gasteiger charge is -2.33. The Morgan fingerprint density at radius 2 is 2.12 bits per heavy atom. The van der Waals surface area contributed by atoms with Crippen molar-refractivity contribution in [2.24, 2.45) is 0 Å². The molecule has 0 bridgehead atoms. The average molecular weight is 221 g/mol. The summed E-state index contributed by atoms with van der Waals surface area (Å²) in [5.41, 5.74) is 0.934. The third-order valence-corrected chi connectivity index (χ3v) is 2.74. The minimum atomic E-state index is -0.339. The number of benzene rings is 1. The number of nitrogens with zero attached hydrogens (tertiary/aromatic N) is 1. The summed E-state index contributed by atoms with van der Waals surface area (Å²) >= 11 is 0. The fourth-order valence-corrected chi connectivity index (χ4v) is 1.91. The molecule has 1 aliphatic rings. The zero-order chi connectivity index (χ0) is 11.4. The van der Waals surface area contributed by atoms with Crippen LogP contribution < -0.4 is 0 Å². The van der Waals surface area contributed by atoms with Gasteiger partial charge in [0.15, 0.2) is 0 Å².